The van der Waals surface area contributed by atoms with Crippen molar-refractivity contribution in [1.29, 1.82) is 0 Å². The van der Waals surface area contributed by atoms with Gasteiger partial charge in [0.2, 0.25) is 0 Å². The minimum absolute atomic E-state index is 0.0946. The van der Waals surface area contributed by atoms with Crippen LogP contribution in [0.4, 0.5) is 20.4 Å². The number of rotatable bonds is 6. The van der Waals surface area contributed by atoms with Crippen LogP contribution in [-0.4, -0.2) is 41.2 Å². The normalized spacial score (nSPS) is 11.7. The quantitative estimate of drug-likeness (QED) is 0.726. The average molecular weight is 260 g/mol. The van der Waals surface area contributed by atoms with Gasteiger partial charge in [0, 0.05) is 19.0 Å². The van der Waals surface area contributed by atoms with Crippen LogP contribution < -0.4 is 10.6 Å². The topological polar surface area (TPSA) is 70.1 Å². The van der Waals surface area contributed by atoms with Crippen molar-refractivity contribution >= 4 is 11.6 Å². The number of nitrogens with zero attached hydrogens (tertiary/aromatic N) is 2. The van der Waals surface area contributed by atoms with Crippen LogP contribution in [-0.2, 0) is 0 Å². The Morgan fingerprint density at radius 2 is 1.94 bits per heavy atom. The first-order valence-electron chi connectivity index (χ1n) is 5.67. The van der Waals surface area contributed by atoms with Crippen LogP contribution in [0.5, 0.6) is 0 Å². The number of aromatic nitrogens is 2. The molecule has 3 N–H and O–H groups in total. The lowest BCUT2D eigenvalue weighted by Crippen LogP contribution is -2.31. The highest BCUT2D eigenvalue weighted by molar-refractivity contribution is 5.47. The molecular weight excluding hydrogens is 242 g/mol. The van der Waals surface area contributed by atoms with Gasteiger partial charge in [0.05, 0.1) is 6.54 Å². The molecule has 1 rings (SSSR count). The lowest BCUT2D eigenvalue weighted by Gasteiger charge is -2.16. The van der Waals surface area contributed by atoms with Crippen LogP contribution in [0.1, 0.15) is 25.6 Å². The first kappa shape index (κ1) is 14.6. The Morgan fingerprint density at radius 3 is 2.44 bits per heavy atom. The zero-order chi connectivity index (χ0) is 13.8. The molecule has 0 aliphatic rings. The number of alkyl halides is 2. The van der Waals surface area contributed by atoms with E-state index in [9.17, 15) is 8.78 Å². The third kappa shape index (κ3) is 4.06. The number of aliphatic hydroxyl groups excluding tert-OH is 1. The van der Waals surface area contributed by atoms with Crippen LogP contribution in [0, 0.1) is 0 Å². The highest BCUT2D eigenvalue weighted by Crippen LogP contribution is 2.18. The Hall–Kier alpha value is -1.50. The number of hydrogen-bond acceptors (Lipinski definition) is 5. The molecule has 0 spiro atoms. The molecule has 102 valence electrons. The van der Waals surface area contributed by atoms with E-state index in [0.29, 0.717) is 17.5 Å². The van der Waals surface area contributed by atoms with E-state index in [1.54, 1.807) is 13.1 Å². The molecule has 0 aliphatic heterocycles. The number of halogens is 2. The van der Waals surface area contributed by atoms with Gasteiger partial charge in [-0.25, -0.2) is 18.7 Å². The van der Waals surface area contributed by atoms with Crippen molar-refractivity contribution in [3.05, 3.63) is 11.9 Å². The number of nitrogens with one attached hydrogen (secondary N) is 2. The highest BCUT2D eigenvalue weighted by atomic mass is 19.3. The van der Waals surface area contributed by atoms with Crippen molar-refractivity contribution in [2.24, 2.45) is 0 Å². The summed E-state index contributed by atoms with van der Waals surface area (Å²) in [4.78, 5) is 8.36. The molecule has 0 saturated carbocycles. The average Bonchev–Trinajstić information content (AvgIpc) is 2.36. The predicted octanol–water partition coefficient (Wildman–Crippen LogP) is 1.68. The molecule has 0 aliphatic carbocycles. The second kappa shape index (κ2) is 5.90. The zero-order valence-corrected chi connectivity index (χ0v) is 10.7. The molecule has 1 aromatic heterocycles. The Bertz CT molecular complexity index is 399. The summed E-state index contributed by atoms with van der Waals surface area (Å²) in [5, 5.41) is 13.8. The molecule has 0 aromatic carbocycles. The third-order valence-corrected chi connectivity index (χ3v) is 2.28. The molecule has 0 unspecified atom stereocenters. The van der Waals surface area contributed by atoms with Gasteiger partial charge in [0.25, 0.3) is 5.92 Å². The summed E-state index contributed by atoms with van der Waals surface area (Å²) >= 11 is 0. The molecule has 18 heavy (non-hydrogen) atoms. The lowest BCUT2D eigenvalue weighted by molar-refractivity contribution is -0.0373. The fraction of sp³-hybridized carbons (Fsp3) is 0.636. The van der Waals surface area contributed by atoms with Crippen LogP contribution in [0.15, 0.2) is 6.07 Å². The van der Waals surface area contributed by atoms with Crippen LogP contribution in [0.25, 0.3) is 0 Å². The minimum Gasteiger partial charge on any atom is -0.390 e. The number of anilines is 2. The van der Waals surface area contributed by atoms with Gasteiger partial charge in [-0.2, -0.15) is 0 Å². The van der Waals surface area contributed by atoms with Gasteiger partial charge in [-0.15, -0.1) is 0 Å². The number of aliphatic hydroxyl groups is 1. The molecule has 0 amide bonds. The Labute approximate surface area is 105 Å². The van der Waals surface area contributed by atoms with E-state index in [1.807, 2.05) is 13.8 Å². The first-order valence-corrected chi connectivity index (χ1v) is 5.67. The van der Waals surface area contributed by atoms with Gasteiger partial charge in [-0.1, -0.05) is 13.8 Å². The molecule has 0 fully saturated rings. The Balaban J connectivity index is 2.85. The molecular formula is C11H18F2N4O. The molecule has 0 bridgehead atoms. The molecule has 1 aromatic rings. The maximum absolute atomic E-state index is 12.9. The van der Waals surface area contributed by atoms with Gasteiger partial charge in [-0.05, 0) is 0 Å². The lowest BCUT2D eigenvalue weighted by atomic mass is 10.2. The summed E-state index contributed by atoms with van der Waals surface area (Å²) in [6.07, 6.45) is 0. The third-order valence-electron chi connectivity index (χ3n) is 2.28. The highest BCUT2D eigenvalue weighted by Gasteiger charge is 2.27. The second-order valence-corrected chi connectivity index (χ2v) is 4.27. The van der Waals surface area contributed by atoms with Crippen molar-refractivity contribution in [2.45, 2.75) is 25.7 Å². The Morgan fingerprint density at radius 1 is 1.33 bits per heavy atom. The zero-order valence-electron chi connectivity index (χ0n) is 10.7. The van der Waals surface area contributed by atoms with Gasteiger partial charge in [0.1, 0.15) is 24.1 Å². The molecule has 5 nitrogen and oxygen atoms in total. The summed E-state index contributed by atoms with van der Waals surface area (Å²) in [6.45, 7) is 1.98. The molecule has 7 heteroatoms. The second-order valence-electron chi connectivity index (χ2n) is 4.27. The predicted molar refractivity (Wildman–Crippen MR) is 66.2 cm³/mol. The summed E-state index contributed by atoms with van der Waals surface area (Å²) in [6, 6.07) is 1.54. The SMILES string of the molecule is CNc1cc(NCC(F)(F)CO)nc(C(C)C)n1. The fourth-order valence-corrected chi connectivity index (χ4v) is 1.22. The van der Waals surface area contributed by atoms with Crippen molar-refractivity contribution < 1.29 is 13.9 Å². The van der Waals surface area contributed by atoms with E-state index in [-0.39, 0.29) is 5.92 Å². The minimum atomic E-state index is -3.16. The van der Waals surface area contributed by atoms with E-state index in [2.05, 4.69) is 20.6 Å². The van der Waals surface area contributed by atoms with Crippen molar-refractivity contribution in [3.63, 3.8) is 0 Å². The van der Waals surface area contributed by atoms with Gasteiger partial charge in [0.15, 0.2) is 0 Å². The van der Waals surface area contributed by atoms with Crippen molar-refractivity contribution in [2.75, 3.05) is 30.8 Å². The van der Waals surface area contributed by atoms with Crippen LogP contribution in [0.3, 0.4) is 0 Å². The Kier molecular flexibility index (Phi) is 4.77. The maximum atomic E-state index is 12.9. The maximum Gasteiger partial charge on any atom is 0.287 e. The summed E-state index contributed by atoms with van der Waals surface area (Å²) in [7, 11) is 1.69. The van der Waals surface area contributed by atoms with E-state index < -0.39 is 19.1 Å². The summed E-state index contributed by atoms with van der Waals surface area (Å²) in [5.41, 5.74) is 0. The van der Waals surface area contributed by atoms with Crippen LogP contribution in [0.2, 0.25) is 0 Å². The first-order chi connectivity index (χ1) is 8.38. The van der Waals surface area contributed by atoms with E-state index in [4.69, 9.17) is 5.11 Å². The van der Waals surface area contributed by atoms with Crippen molar-refractivity contribution in [3.8, 4) is 0 Å². The summed E-state index contributed by atoms with van der Waals surface area (Å²) in [5.74, 6) is -1.63. The van der Waals surface area contributed by atoms with Gasteiger partial charge < -0.3 is 15.7 Å². The van der Waals surface area contributed by atoms with Gasteiger partial charge >= 0.3 is 0 Å². The van der Waals surface area contributed by atoms with E-state index >= 15 is 0 Å². The fourth-order valence-electron chi connectivity index (χ4n) is 1.22. The molecule has 1 heterocycles. The van der Waals surface area contributed by atoms with Crippen LogP contribution >= 0.6 is 0 Å². The van der Waals surface area contributed by atoms with Gasteiger partial charge in [-0.3, -0.25) is 0 Å². The monoisotopic (exact) mass is 260 g/mol. The largest absolute Gasteiger partial charge is 0.390 e. The molecule has 0 radical (unpaired) electrons. The summed E-state index contributed by atoms with van der Waals surface area (Å²) < 4.78 is 25.8. The van der Waals surface area contributed by atoms with E-state index in [0.717, 1.165) is 0 Å². The number of hydrogen-bond donors (Lipinski definition) is 3. The van der Waals surface area contributed by atoms with E-state index in [1.165, 1.54) is 0 Å². The van der Waals surface area contributed by atoms with Crippen molar-refractivity contribution in [1.82, 2.24) is 9.97 Å². The standard InChI is InChI=1S/C11H18F2N4O/c1-7(2)10-16-8(14-3)4-9(17-10)15-5-11(12,13)6-18/h4,7,18H,5-6H2,1-3H3,(H2,14,15,16,17). The smallest absolute Gasteiger partial charge is 0.287 e. The molecule has 0 saturated heterocycles. The molecule has 0 atom stereocenters.